The topological polar surface area (TPSA) is 153 Å². The van der Waals surface area contributed by atoms with Crippen LogP contribution in [-0.2, 0) is 9.30 Å². The summed E-state index contributed by atoms with van der Waals surface area (Å²) in [5.74, 6) is -2.81. The number of hydrogen-bond acceptors (Lipinski definition) is 8. The molecule has 1 aliphatic rings. The Labute approximate surface area is 95.4 Å². The first-order valence-corrected chi connectivity index (χ1v) is 6.29. The molecule has 8 nitrogen and oxygen atoms in total. The van der Waals surface area contributed by atoms with E-state index in [1.54, 1.807) is 0 Å². The first-order valence-electron chi connectivity index (χ1n) is 4.68. The Morgan fingerprint density at radius 3 is 2.18 bits per heavy atom. The van der Waals surface area contributed by atoms with Crippen molar-refractivity contribution in [1.82, 2.24) is 0 Å². The van der Waals surface area contributed by atoms with Gasteiger partial charge in [-0.25, -0.2) is 4.39 Å². The lowest BCUT2D eigenvalue weighted by molar-refractivity contribution is -0.323. The van der Waals surface area contributed by atoms with Crippen LogP contribution in [0.2, 0.25) is 0 Å². The van der Waals surface area contributed by atoms with Gasteiger partial charge in [-0.3, -0.25) is 0 Å². The minimum Gasteiger partial charge on any atom is -0.809 e. The molecule has 0 radical (unpaired) electrons. The molecule has 0 aliphatic carbocycles. The van der Waals surface area contributed by atoms with Crippen molar-refractivity contribution in [1.29, 1.82) is 0 Å². The van der Waals surface area contributed by atoms with E-state index in [1.165, 1.54) is 0 Å². The van der Waals surface area contributed by atoms with Crippen LogP contribution in [0.25, 0.3) is 0 Å². The molecule has 0 saturated carbocycles. The second-order valence-electron chi connectivity index (χ2n) is 3.75. The number of aliphatic hydroxyl groups excluding tert-OH is 4. The van der Waals surface area contributed by atoms with Gasteiger partial charge in [0, 0.05) is 6.42 Å². The van der Waals surface area contributed by atoms with Gasteiger partial charge in [0.1, 0.15) is 24.2 Å². The van der Waals surface area contributed by atoms with Crippen molar-refractivity contribution < 1.29 is 43.9 Å². The fourth-order valence-corrected chi connectivity index (χ4v) is 1.91. The Kier molecular flexibility index (Phi) is 4.61. The average molecular weight is 274 g/mol. The summed E-state index contributed by atoms with van der Waals surface area (Å²) in [5.41, 5.74) is 0. The van der Waals surface area contributed by atoms with Crippen LogP contribution in [0.4, 0.5) is 4.39 Å². The van der Waals surface area contributed by atoms with Gasteiger partial charge in [0.2, 0.25) is 0 Å². The molecule has 0 aromatic carbocycles. The molecule has 1 fully saturated rings. The summed E-state index contributed by atoms with van der Waals surface area (Å²) < 4.78 is 27.7. The van der Waals surface area contributed by atoms with Crippen molar-refractivity contribution in [3.63, 3.8) is 0 Å². The average Bonchev–Trinajstić information content (AvgIpc) is 2.21. The van der Waals surface area contributed by atoms with Crippen molar-refractivity contribution in [2.24, 2.45) is 0 Å². The molecule has 0 spiro atoms. The van der Waals surface area contributed by atoms with Crippen LogP contribution >= 0.6 is 7.60 Å². The summed E-state index contributed by atoms with van der Waals surface area (Å²) in [4.78, 5) is 20.6. The minimum atomic E-state index is -5.49. The third-order valence-corrected chi connectivity index (χ3v) is 3.35. The summed E-state index contributed by atoms with van der Waals surface area (Å²) in [6.07, 6.45) is -9.97. The molecule has 1 unspecified atom stereocenters. The van der Waals surface area contributed by atoms with Crippen molar-refractivity contribution in [2.75, 3.05) is 0 Å². The highest BCUT2D eigenvalue weighted by Gasteiger charge is 2.43. The number of halogens is 1. The van der Waals surface area contributed by atoms with E-state index < -0.39 is 50.6 Å². The first kappa shape index (κ1) is 14.9. The Bertz CT molecular complexity index is 308. The molecular weight excluding hydrogens is 262 g/mol. The number of aliphatic hydroxyl groups is 4. The molecule has 4 N–H and O–H groups in total. The third kappa shape index (κ3) is 3.43. The van der Waals surface area contributed by atoms with E-state index in [0.717, 1.165) is 0 Å². The predicted octanol–water partition coefficient (Wildman–Crippen LogP) is -3.61. The summed E-state index contributed by atoms with van der Waals surface area (Å²) in [7, 11) is -5.49. The van der Waals surface area contributed by atoms with Gasteiger partial charge in [-0.2, -0.15) is 0 Å². The van der Waals surface area contributed by atoms with Gasteiger partial charge in [-0.15, -0.1) is 0 Å². The maximum absolute atomic E-state index is 12.9. The molecule has 1 aliphatic heterocycles. The van der Waals surface area contributed by atoms with E-state index in [2.05, 4.69) is 4.74 Å². The van der Waals surface area contributed by atoms with Gasteiger partial charge in [0.25, 0.3) is 0 Å². The lowest BCUT2D eigenvalue weighted by atomic mass is 9.97. The zero-order chi connectivity index (χ0) is 13.4. The molecule has 6 atom stereocenters. The highest BCUT2D eigenvalue weighted by molar-refractivity contribution is 7.49. The van der Waals surface area contributed by atoms with Gasteiger partial charge in [0.15, 0.2) is 6.29 Å². The second-order valence-corrected chi connectivity index (χ2v) is 5.39. The van der Waals surface area contributed by atoms with E-state index in [4.69, 9.17) is 10.2 Å². The molecule has 0 aromatic heterocycles. The minimum absolute atomic E-state index is 1.04. The van der Waals surface area contributed by atoms with Crippen LogP contribution < -0.4 is 9.79 Å². The summed E-state index contributed by atoms with van der Waals surface area (Å²) in [5, 5.41) is 36.7. The standard InChI is InChI=1S/C7H14FO8P/c8-3(17(13,14)15)1-2-4(9)5(10)6(11)7(12)16-2/h2-7,9-12H,1H2,(H2,13,14,15)/p-2/t2-,3-,4-,5+,6-,7?/m1/s1. The first-order chi connectivity index (χ1) is 7.64. The number of hydrogen-bond donors (Lipinski definition) is 4. The zero-order valence-electron chi connectivity index (χ0n) is 8.42. The summed E-state index contributed by atoms with van der Waals surface area (Å²) in [6.45, 7) is 0. The smallest absolute Gasteiger partial charge is 0.183 e. The lowest BCUT2D eigenvalue weighted by Crippen LogP contribution is -2.58. The molecule has 1 saturated heterocycles. The highest BCUT2D eigenvalue weighted by Crippen LogP contribution is 2.37. The SMILES string of the molecule is O=P([O-])([O-])[C@@H](F)C[C@H]1OC(O)[C@H](O)[C@@H](O)[C@@H]1O. The Hall–Kier alpha value is -0.120. The molecule has 0 aromatic rings. The fraction of sp³-hybridized carbons (Fsp3) is 1.00. The van der Waals surface area contributed by atoms with E-state index in [1.807, 2.05) is 0 Å². The molecule has 17 heavy (non-hydrogen) atoms. The fourth-order valence-electron chi connectivity index (χ4n) is 1.45. The van der Waals surface area contributed by atoms with Crippen molar-refractivity contribution in [3.05, 3.63) is 0 Å². The number of alkyl halides is 1. The van der Waals surface area contributed by atoms with E-state index in [0.29, 0.717) is 0 Å². The van der Waals surface area contributed by atoms with E-state index in [9.17, 15) is 29.0 Å². The Balaban J connectivity index is 2.69. The molecule has 10 heteroatoms. The molecular formula is C7H12FO8P-2. The summed E-state index contributed by atoms with van der Waals surface area (Å²) in [6, 6.07) is 0. The highest BCUT2D eigenvalue weighted by atomic mass is 31.2. The van der Waals surface area contributed by atoms with Crippen molar-refractivity contribution in [3.8, 4) is 0 Å². The summed E-state index contributed by atoms with van der Waals surface area (Å²) >= 11 is 0. The quantitative estimate of drug-likeness (QED) is 0.385. The largest absolute Gasteiger partial charge is 0.809 e. The van der Waals surface area contributed by atoms with Crippen molar-refractivity contribution in [2.45, 2.75) is 43.0 Å². The van der Waals surface area contributed by atoms with Gasteiger partial charge in [0.05, 0.1) is 6.10 Å². The molecule has 1 heterocycles. The van der Waals surface area contributed by atoms with Gasteiger partial charge in [-0.05, 0) is 7.60 Å². The number of ether oxygens (including phenoxy) is 1. The number of rotatable bonds is 3. The van der Waals surface area contributed by atoms with Crippen LogP contribution in [0, 0.1) is 0 Å². The van der Waals surface area contributed by atoms with Crippen LogP contribution in [0.5, 0.6) is 0 Å². The van der Waals surface area contributed by atoms with Gasteiger partial charge >= 0.3 is 0 Å². The third-order valence-electron chi connectivity index (χ3n) is 2.46. The predicted molar refractivity (Wildman–Crippen MR) is 46.0 cm³/mol. The van der Waals surface area contributed by atoms with Crippen LogP contribution in [0.1, 0.15) is 6.42 Å². The van der Waals surface area contributed by atoms with Crippen LogP contribution in [0.3, 0.4) is 0 Å². The van der Waals surface area contributed by atoms with E-state index in [-0.39, 0.29) is 0 Å². The molecule has 102 valence electrons. The Morgan fingerprint density at radius 2 is 1.71 bits per heavy atom. The van der Waals surface area contributed by atoms with Crippen molar-refractivity contribution >= 4 is 7.60 Å². The lowest BCUT2D eigenvalue weighted by Gasteiger charge is -2.41. The van der Waals surface area contributed by atoms with Crippen LogP contribution in [0.15, 0.2) is 0 Å². The van der Waals surface area contributed by atoms with E-state index >= 15 is 0 Å². The second kappa shape index (κ2) is 5.25. The normalized spacial score (nSPS) is 41.2. The monoisotopic (exact) mass is 274 g/mol. The maximum Gasteiger partial charge on any atom is 0.183 e. The Morgan fingerprint density at radius 1 is 1.18 bits per heavy atom. The maximum atomic E-state index is 12.9. The van der Waals surface area contributed by atoms with Gasteiger partial charge in [-0.1, -0.05) is 0 Å². The van der Waals surface area contributed by atoms with Crippen LogP contribution in [-0.4, -0.2) is 57.0 Å². The molecule has 0 bridgehead atoms. The molecule has 0 amide bonds. The molecule has 1 rings (SSSR count). The zero-order valence-corrected chi connectivity index (χ0v) is 9.31. The van der Waals surface area contributed by atoms with Gasteiger partial charge < -0.3 is 39.5 Å².